The van der Waals surface area contributed by atoms with Crippen LogP contribution in [0.1, 0.15) is 22.6 Å². The molecule has 0 unspecified atom stereocenters. The number of imidazole rings is 1. The number of hydrogen-bond acceptors (Lipinski definition) is 5. The minimum absolute atomic E-state index is 0.0805. The van der Waals surface area contributed by atoms with Crippen molar-refractivity contribution in [3.8, 4) is 0 Å². The summed E-state index contributed by atoms with van der Waals surface area (Å²) < 4.78 is 1.95. The number of carbonyl (C=O) groups is 1. The fourth-order valence-electron chi connectivity index (χ4n) is 3.40. The van der Waals surface area contributed by atoms with Crippen molar-refractivity contribution in [2.75, 3.05) is 31.1 Å². The predicted octanol–water partition coefficient (Wildman–Crippen LogP) is 2.79. The average molecular weight is 386 g/mol. The molecule has 0 radical (unpaired) electrons. The van der Waals surface area contributed by atoms with Crippen LogP contribution in [0.5, 0.6) is 0 Å². The number of rotatable bonds is 4. The van der Waals surface area contributed by atoms with Crippen LogP contribution < -0.4 is 4.90 Å². The number of carboxylic acids is 1. The largest absolute Gasteiger partial charge is 0.477 e. The SMILES string of the molecule is O=C(O)c1cccc(N2CCCN(Cc3cn4cc(Cl)ccc4n3)CC2)n1. The highest BCUT2D eigenvalue weighted by Gasteiger charge is 2.18. The molecule has 3 aromatic heterocycles. The highest BCUT2D eigenvalue weighted by atomic mass is 35.5. The molecule has 1 fully saturated rings. The van der Waals surface area contributed by atoms with Gasteiger partial charge in [0.25, 0.3) is 0 Å². The highest BCUT2D eigenvalue weighted by Crippen LogP contribution is 2.17. The number of aromatic nitrogens is 3. The topological polar surface area (TPSA) is 74.0 Å². The van der Waals surface area contributed by atoms with Gasteiger partial charge in [-0.3, -0.25) is 4.90 Å². The van der Waals surface area contributed by atoms with Crippen LogP contribution in [-0.4, -0.2) is 56.5 Å². The quantitative estimate of drug-likeness (QED) is 0.744. The van der Waals surface area contributed by atoms with Gasteiger partial charge in [-0.1, -0.05) is 17.7 Å². The summed E-state index contributed by atoms with van der Waals surface area (Å²) >= 11 is 6.04. The Balaban J connectivity index is 1.43. The van der Waals surface area contributed by atoms with E-state index in [0.29, 0.717) is 5.02 Å². The van der Waals surface area contributed by atoms with Gasteiger partial charge in [-0.05, 0) is 30.7 Å². The molecule has 0 aromatic carbocycles. The second-order valence-corrected chi connectivity index (χ2v) is 7.08. The number of anilines is 1. The Morgan fingerprint density at radius 1 is 1.07 bits per heavy atom. The lowest BCUT2D eigenvalue weighted by Gasteiger charge is -2.22. The first-order valence-corrected chi connectivity index (χ1v) is 9.27. The van der Waals surface area contributed by atoms with Crippen LogP contribution in [0.2, 0.25) is 5.02 Å². The molecule has 0 aliphatic carbocycles. The zero-order chi connectivity index (χ0) is 18.8. The summed E-state index contributed by atoms with van der Waals surface area (Å²) in [5, 5.41) is 9.83. The first-order chi connectivity index (χ1) is 13.1. The fourth-order valence-corrected chi connectivity index (χ4v) is 3.57. The number of carboxylic acid groups (broad SMARTS) is 1. The number of aromatic carboxylic acids is 1. The van der Waals surface area contributed by atoms with Crippen molar-refractivity contribution >= 4 is 29.0 Å². The van der Waals surface area contributed by atoms with Crippen molar-refractivity contribution in [2.45, 2.75) is 13.0 Å². The lowest BCUT2D eigenvalue weighted by atomic mass is 10.3. The molecular weight excluding hydrogens is 366 g/mol. The van der Waals surface area contributed by atoms with Gasteiger partial charge in [-0.2, -0.15) is 0 Å². The lowest BCUT2D eigenvalue weighted by Crippen LogP contribution is -2.31. The average Bonchev–Trinajstić information content (AvgIpc) is 2.89. The van der Waals surface area contributed by atoms with Crippen molar-refractivity contribution in [3.05, 3.63) is 59.1 Å². The van der Waals surface area contributed by atoms with Gasteiger partial charge in [0.1, 0.15) is 11.5 Å². The van der Waals surface area contributed by atoms with E-state index >= 15 is 0 Å². The van der Waals surface area contributed by atoms with Gasteiger partial charge >= 0.3 is 5.97 Å². The standard InChI is InChI=1S/C19H20ClN5O2/c20-14-5-6-18-21-15(13-25(18)11-14)12-23-7-2-8-24(10-9-23)17-4-1-3-16(22-17)19(26)27/h1,3-6,11,13H,2,7-10,12H2,(H,26,27). The maximum Gasteiger partial charge on any atom is 0.354 e. The van der Waals surface area contributed by atoms with Crippen LogP contribution in [0.25, 0.3) is 5.65 Å². The molecule has 0 spiro atoms. The minimum Gasteiger partial charge on any atom is -0.477 e. The molecule has 1 saturated heterocycles. The van der Waals surface area contributed by atoms with Gasteiger partial charge in [0.15, 0.2) is 5.69 Å². The van der Waals surface area contributed by atoms with Gasteiger partial charge in [-0.25, -0.2) is 14.8 Å². The van der Waals surface area contributed by atoms with Crippen LogP contribution in [0.3, 0.4) is 0 Å². The molecule has 27 heavy (non-hydrogen) atoms. The first-order valence-electron chi connectivity index (χ1n) is 8.89. The van der Waals surface area contributed by atoms with E-state index in [1.165, 1.54) is 6.07 Å². The number of nitrogens with zero attached hydrogens (tertiary/aromatic N) is 5. The van der Waals surface area contributed by atoms with E-state index in [1.807, 2.05) is 35.0 Å². The zero-order valence-electron chi connectivity index (χ0n) is 14.8. The summed E-state index contributed by atoms with van der Waals surface area (Å²) in [6.45, 7) is 4.26. The first kappa shape index (κ1) is 17.8. The smallest absolute Gasteiger partial charge is 0.354 e. The van der Waals surface area contributed by atoms with Crippen molar-refractivity contribution < 1.29 is 9.90 Å². The Hall–Kier alpha value is -2.64. The summed E-state index contributed by atoms with van der Waals surface area (Å²) in [7, 11) is 0. The van der Waals surface area contributed by atoms with Crippen molar-refractivity contribution in [1.29, 1.82) is 0 Å². The van der Waals surface area contributed by atoms with Crippen molar-refractivity contribution in [1.82, 2.24) is 19.3 Å². The summed E-state index contributed by atoms with van der Waals surface area (Å²) in [5.41, 5.74) is 1.98. The van der Waals surface area contributed by atoms with Crippen LogP contribution in [0.15, 0.2) is 42.7 Å². The van der Waals surface area contributed by atoms with Crippen LogP contribution >= 0.6 is 11.6 Å². The lowest BCUT2D eigenvalue weighted by molar-refractivity contribution is 0.0690. The van der Waals surface area contributed by atoms with Crippen LogP contribution in [-0.2, 0) is 6.54 Å². The maximum absolute atomic E-state index is 11.1. The third-order valence-corrected chi connectivity index (χ3v) is 4.94. The second kappa shape index (κ2) is 7.54. The molecule has 140 valence electrons. The van der Waals surface area contributed by atoms with Gasteiger partial charge in [-0.15, -0.1) is 0 Å². The van der Waals surface area contributed by atoms with Crippen LogP contribution in [0.4, 0.5) is 5.82 Å². The highest BCUT2D eigenvalue weighted by molar-refractivity contribution is 6.30. The van der Waals surface area contributed by atoms with Crippen molar-refractivity contribution in [2.24, 2.45) is 0 Å². The number of fused-ring (bicyclic) bond motifs is 1. The maximum atomic E-state index is 11.1. The molecule has 1 aliphatic rings. The minimum atomic E-state index is -1.000. The summed E-state index contributed by atoms with van der Waals surface area (Å²) in [4.78, 5) is 24.6. The number of pyridine rings is 2. The van der Waals surface area contributed by atoms with E-state index in [-0.39, 0.29) is 5.69 Å². The van der Waals surface area contributed by atoms with E-state index in [0.717, 1.165) is 56.3 Å². The van der Waals surface area contributed by atoms with Crippen molar-refractivity contribution in [3.63, 3.8) is 0 Å². The normalized spacial score (nSPS) is 15.8. The molecule has 8 heteroatoms. The van der Waals surface area contributed by atoms with E-state index in [2.05, 4.69) is 19.8 Å². The Bertz CT molecular complexity index is 974. The molecule has 1 N–H and O–H groups in total. The molecule has 4 rings (SSSR count). The zero-order valence-corrected chi connectivity index (χ0v) is 15.5. The fraction of sp³-hybridized carbons (Fsp3) is 0.316. The molecule has 7 nitrogen and oxygen atoms in total. The van der Waals surface area contributed by atoms with Gasteiger partial charge in [0.2, 0.25) is 0 Å². The molecule has 0 atom stereocenters. The Morgan fingerprint density at radius 2 is 1.96 bits per heavy atom. The van der Waals surface area contributed by atoms with E-state index in [4.69, 9.17) is 16.7 Å². The molecule has 0 bridgehead atoms. The molecule has 1 aliphatic heterocycles. The Labute approximate surface area is 161 Å². The Morgan fingerprint density at radius 3 is 2.81 bits per heavy atom. The summed E-state index contributed by atoms with van der Waals surface area (Å²) in [6.07, 6.45) is 4.86. The second-order valence-electron chi connectivity index (χ2n) is 6.65. The molecule has 0 amide bonds. The van der Waals surface area contributed by atoms with E-state index in [1.54, 1.807) is 6.07 Å². The molecule has 0 saturated carbocycles. The molecule has 4 heterocycles. The van der Waals surface area contributed by atoms with E-state index in [9.17, 15) is 4.79 Å². The molecular formula is C19H20ClN5O2. The monoisotopic (exact) mass is 385 g/mol. The van der Waals surface area contributed by atoms with Gasteiger partial charge < -0.3 is 14.4 Å². The van der Waals surface area contributed by atoms with Gasteiger partial charge in [0, 0.05) is 45.1 Å². The third kappa shape index (κ3) is 4.04. The number of halogens is 1. The van der Waals surface area contributed by atoms with E-state index < -0.39 is 5.97 Å². The van der Waals surface area contributed by atoms with Crippen LogP contribution in [0, 0.1) is 0 Å². The summed E-state index contributed by atoms with van der Waals surface area (Å²) in [5.74, 6) is -0.278. The Kier molecular flexibility index (Phi) is 4.96. The third-order valence-electron chi connectivity index (χ3n) is 4.72. The molecule has 3 aromatic rings. The van der Waals surface area contributed by atoms with Gasteiger partial charge in [0.05, 0.1) is 10.7 Å². The number of hydrogen-bond donors (Lipinski definition) is 1. The summed E-state index contributed by atoms with van der Waals surface area (Å²) in [6, 6.07) is 8.89. The predicted molar refractivity (Wildman–Crippen MR) is 104 cm³/mol.